The second-order valence-corrected chi connectivity index (χ2v) is 9.32. The molecule has 0 saturated heterocycles. The Balaban J connectivity index is 1.75. The smallest absolute Gasteiger partial charge is 0.409 e. The summed E-state index contributed by atoms with van der Waals surface area (Å²) in [5.74, 6) is -0.0397. The highest BCUT2D eigenvalue weighted by Crippen LogP contribution is 2.37. The number of halogens is 2. The van der Waals surface area contributed by atoms with E-state index in [4.69, 9.17) is 22.1 Å². The number of nitrogens with one attached hydrogen (secondary N) is 1. The molecule has 0 aliphatic carbocycles. The second-order valence-electron chi connectivity index (χ2n) is 8.94. The Morgan fingerprint density at radius 3 is 2.50 bits per heavy atom. The van der Waals surface area contributed by atoms with E-state index in [1.165, 1.54) is 18.2 Å². The SMILES string of the molecule is Cc1nc2ccc(-c3cnc(C(C)(C)O)nc3)cc2c(N[C@H](C)c2cc(OC(N)=O)ccc2F)c1Cl. The van der Waals surface area contributed by atoms with E-state index in [0.717, 1.165) is 11.1 Å². The van der Waals surface area contributed by atoms with Gasteiger partial charge in [-0.05, 0) is 63.6 Å². The van der Waals surface area contributed by atoms with Gasteiger partial charge in [0.1, 0.15) is 17.2 Å². The average Bonchev–Trinajstić information content (AvgIpc) is 2.82. The molecule has 0 spiro atoms. The first kappa shape index (κ1) is 25.3. The number of pyridine rings is 1. The lowest BCUT2D eigenvalue weighted by molar-refractivity contribution is 0.0687. The number of hydrogen-bond donors (Lipinski definition) is 3. The van der Waals surface area contributed by atoms with Crippen molar-refractivity contribution in [1.29, 1.82) is 0 Å². The van der Waals surface area contributed by atoms with E-state index in [1.54, 1.807) is 40.1 Å². The van der Waals surface area contributed by atoms with Gasteiger partial charge in [-0.25, -0.2) is 19.2 Å². The molecule has 4 rings (SSSR count). The van der Waals surface area contributed by atoms with Gasteiger partial charge in [0.05, 0.1) is 28.0 Å². The summed E-state index contributed by atoms with van der Waals surface area (Å²) < 4.78 is 19.6. The summed E-state index contributed by atoms with van der Waals surface area (Å²) in [5, 5.41) is 14.5. The number of carbonyl (C=O) groups is 1. The van der Waals surface area contributed by atoms with Crippen LogP contribution in [0.2, 0.25) is 5.02 Å². The molecule has 2 aromatic carbocycles. The van der Waals surface area contributed by atoms with Gasteiger partial charge in [0.25, 0.3) is 0 Å². The Bertz CT molecular complexity index is 1460. The van der Waals surface area contributed by atoms with Crippen LogP contribution in [0.3, 0.4) is 0 Å². The van der Waals surface area contributed by atoms with Gasteiger partial charge >= 0.3 is 6.09 Å². The van der Waals surface area contributed by atoms with Gasteiger partial charge in [0, 0.05) is 28.9 Å². The molecular formula is C26H25ClFN5O3. The number of ether oxygens (including phenoxy) is 1. The van der Waals surface area contributed by atoms with Crippen LogP contribution in [0.1, 0.15) is 43.9 Å². The van der Waals surface area contributed by atoms with E-state index in [1.807, 2.05) is 18.2 Å². The summed E-state index contributed by atoms with van der Waals surface area (Å²) in [4.78, 5) is 24.3. The molecule has 36 heavy (non-hydrogen) atoms. The van der Waals surface area contributed by atoms with Crippen molar-refractivity contribution in [2.24, 2.45) is 5.73 Å². The van der Waals surface area contributed by atoms with Crippen LogP contribution in [-0.4, -0.2) is 26.2 Å². The molecule has 0 bridgehead atoms. The van der Waals surface area contributed by atoms with Crippen molar-refractivity contribution in [3.63, 3.8) is 0 Å². The number of nitrogens with zero attached hydrogens (tertiary/aromatic N) is 3. The van der Waals surface area contributed by atoms with E-state index in [0.29, 0.717) is 33.1 Å². The number of fused-ring (bicyclic) bond motifs is 1. The van der Waals surface area contributed by atoms with Crippen LogP contribution in [0.5, 0.6) is 5.75 Å². The number of amides is 1. The van der Waals surface area contributed by atoms with Gasteiger partial charge in [0.15, 0.2) is 5.82 Å². The Morgan fingerprint density at radius 1 is 1.17 bits per heavy atom. The molecule has 2 aromatic heterocycles. The number of aliphatic hydroxyl groups is 1. The predicted octanol–water partition coefficient (Wildman–Crippen LogP) is 5.65. The predicted molar refractivity (Wildman–Crippen MR) is 136 cm³/mol. The first-order valence-electron chi connectivity index (χ1n) is 11.1. The minimum absolute atomic E-state index is 0.131. The van der Waals surface area contributed by atoms with Crippen molar-refractivity contribution in [1.82, 2.24) is 15.0 Å². The fourth-order valence-corrected chi connectivity index (χ4v) is 4.00. The molecule has 1 amide bonds. The number of aromatic nitrogens is 3. The number of rotatable bonds is 6. The minimum atomic E-state index is -1.15. The first-order valence-corrected chi connectivity index (χ1v) is 11.5. The summed E-state index contributed by atoms with van der Waals surface area (Å²) >= 11 is 6.66. The molecule has 1 atom stereocenters. The highest BCUT2D eigenvalue weighted by molar-refractivity contribution is 6.35. The largest absolute Gasteiger partial charge is 0.410 e. The number of hydrogen-bond acceptors (Lipinski definition) is 7. The second kappa shape index (κ2) is 9.67. The molecule has 0 radical (unpaired) electrons. The Hall–Kier alpha value is -3.82. The van der Waals surface area contributed by atoms with Gasteiger partial charge < -0.3 is 20.9 Å². The van der Waals surface area contributed by atoms with Gasteiger partial charge in [-0.1, -0.05) is 17.7 Å². The molecule has 4 aromatic rings. The summed E-state index contributed by atoms with van der Waals surface area (Å²) in [6.07, 6.45) is 2.29. The number of benzene rings is 2. The van der Waals surface area contributed by atoms with Crippen molar-refractivity contribution >= 4 is 34.3 Å². The van der Waals surface area contributed by atoms with Crippen LogP contribution in [-0.2, 0) is 5.60 Å². The Labute approximate surface area is 212 Å². The standard InChI is InChI=1S/C26H25ClFN5O3/c1-13(18-10-17(36-25(29)34)6-7-20(18)28)33-23-19-9-15(5-8-21(19)32-14(2)22(23)27)16-11-30-24(31-12-16)26(3,4)35/h5-13,35H,1-4H3,(H2,29,34)(H,32,33)/t13-/m1/s1. The van der Waals surface area contributed by atoms with Crippen LogP contribution in [0.25, 0.3) is 22.0 Å². The van der Waals surface area contributed by atoms with Gasteiger partial charge in [-0.15, -0.1) is 0 Å². The van der Waals surface area contributed by atoms with Crippen molar-refractivity contribution in [2.75, 3.05) is 5.32 Å². The van der Waals surface area contributed by atoms with Crippen LogP contribution in [0.15, 0.2) is 48.8 Å². The summed E-state index contributed by atoms with van der Waals surface area (Å²) in [5.41, 5.74) is 7.62. The Kier molecular flexibility index (Phi) is 6.79. The zero-order valence-corrected chi connectivity index (χ0v) is 20.9. The van der Waals surface area contributed by atoms with Crippen molar-refractivity contribution < 1.29 is 19.0 Å². The fourth-order valence-electron chi connectivity index (χ4n) is 3.80. The zero-order chi connectivity index (χ0) is 26.2. The molecule has 8 nitrogen and oxygen atoms in total. The molecular weight excluding hydrogens is 485 g/mol. The van der Waals surface area contributed by atoms with E-state index >= 15 is 0 Å². The Morgan fingerprint density at radius 2 is 1.86 bits per heavy atom. The van der Waals surface area contributed by atoms with Crippen molar-refractivity contribution in [2.45, 2.75) is 39.3 Å². The highest BCUT2D eigenvalue weighted by atomic mass is 35.5. The summed E-state index contributed by atoms with van der Waals surface area (Å²) in [7, 11) is 0. The molecule has 10 heteroatoms. The van der Waals surface area contributed by atoms with Gasteiger partial charge in [-0.3, -0.25) is 4.98 Å². The molecule has 186 valence electrons. The van der Waals surface area contributed by atoms with Crippen molar-refractivity contribution in [3.8, 4) is 16.9 Å². The first-order chi connectivity index (χ1) is 16.9. The maximum atomic E-state index is 14.7. The quantitative estimate of drug-likeness (QED) is 0.307. The van der Waals surface area contributed by atoms with E-state index in [2.05, 4.69) is 20.3 Å². The lowest BCUT2D eigenvalue weighted by atomic mass is 10.0. The van der Waals surface area contributed by atoms with E-state index in [9.17, 15) is 14.3 Å². The maximum absolute atomic E-state index is 14.7. The number of carbonyl (C=O) groups excluding carboxylic acids is 1. The molecule has 0 saturated carbocycles. The number of aryl methyl sites for hydroxylation is 1. The van der Waals surface area contributed by atoms with E-state index < -0.39 is 23.6 Å². The molecule has 0 aliphatic heterocycles. The van der Waals surface area contributed by atoms with Crippen LogP contribution < -0.4 is 15.8 Å². The van der Waals surface area contributed by atoms with Crippen LogP contribution in [0.4, 0.5) is 14.9 Å². The highest BCUT2D eigenvalue weighted by Gasteiger charge is 2.20. The topological polar surface area (TPSA) is 123 Å². The van der Waals surface area contributed by atoms with Crippen molar-refractivity contribution in [3.05, 3.63) is 76.7 Å². The summed E-state index contributed by atoms with van der Waals surface area (Å²) in [6, 6.07) is 9.04. The molecule has 0 fully saturated rings. The van der Waals surface area contributed by atoms with Crippen LogP contribution >= 0.6 is 11.6 Å². The lowest BCUT2D eigenvalue weighted by Gasteiger charge is -2.21. The lowest BCUT2D eigenvalue weighted by Crippen LogP contribution is -2.19. The number of anilines is 1. The summed E-state index contributed by atoms with van der Waals surface area (Å²) in [6.45, 7) is 6.78. The normalized spacial score (nSPS) is 12.4. The molecule has 0 unspecified atom stereocenters. The maximum Gasteiger partial charge on any atom is 0.409 e. The fraction of sp³-hybridized carbons (Fsp3) is 0.231. The average molecular weight is 510 g/mol. The minimum Gasteiger partial charge on any atom is -0.410 e. The van der Waals surface area contributed by atoms with Gasteiger partial charge in [0.2, 0.25) is 0 Å². The molecule has 2 heterocycles. The third-order valence-corrected chi connectivity index (χ3v) is 6.10. The monoisotopic (exact) mass is 509 g/mol. The third-order valence-electron chi connectivity index (χ3n) is 5.64. The van der Waals surface area contributed by atoms with E-state index in [-0.39, 0.29) is 11.3 Å². The third kappa shape index (κ3) is 5.22. The zero-order valence-electron chi connectivity index (χ0n) is 20.1. The molecule has 0 aliphatic rings. The van der Waals surface area contributed by atoms with Crippen LogP contribution in [0, 0.1) is 12.7 Å². The van der Waals surface area contributed by atoms with Gasteiger partial charge in [-0.2, -0.15) is 0 Å². The number of primary amides is 1. The number of nitrogens with two attached hydrogens (primary N) is 1. The molecule has 4 N–H and O–H groups in total.